The van der Waals surface area contributed by atoms with Gasteiger partial charge in [0.1, 0.15) is 5.69 Å². The minimum atomic E-state index is -1.86. The van der Waals surface area contributed by atoms with E-state index in [0.717, 1.165) is 0 Å². The number of benzene rings is 1. The monoisotopic (exact) mass is 371 g/mol. The number of para-hydroxylation sites is 1. The summed E-state index contributed by atoms with van der Waals surface area (Å²) in [6.07, 6.45) is 0. The molecule has 1 fully saturated rings. The summed E-state index contributed by atoms with van der Waals surface area (Å²) in [6, 6.07) is 8.47. The van der Waals surface area contributed by atoms with Crippen molar-refractivity contribution in [3.8, 4) is 0 Å². The lowest BCUT2D eigenvalue weighted by Crippen LogP contribution is -2.48. The molecule has 0 radical (unpaired) electrons. The first-order valence-corrected chi connectivity index (χ1v) is 7.60. The third-order valence-corrected chi connectivity index (χ3v) is 4.48. The minimum Gasteiger partial charge on any atom is -0.628 e. The van der Waals surface area contributed by atoms with Gasteiger partial charge in [-0.25, -0.2) is 9.64 Å². The Morgan fingerprint density at radius 3 is 2.29 bits per heavy atom. The van der Waals surface area contributed by atoms with Crippen LogP contribution in [0.15, 0.2) is 35.3 Å². The number of rotatable bonds is 2. The Bertz CT molecular complexity index is 547. The van der Waals surface area contributed by atoms with Crippen LogP contribution in [0.25, 0.3) is 0 Å². The Balaban J connectivity index is 2.45. The average molecular weight is 373 g/mol. The number of hydrogen-bond acceptors (Lipinski definition) is 3. The van der Waals surface area contributed by atoms with Crippen molar-refractivity contribution < 1.29 is 4.65 Å². The number of aliphatic imine (C=N–C) groups is 1. The molecule has 1 saturated heterocycles. The van der Waals surface area contributed by atoms with E-state index in [0.29, 0.717) is 5.69 Å². The third-order valence-electron chi connectivity index (χ3n) is 3.10. The van der Waals surface area contributed by atoms with Gasteiger partial charge in [-0.1, -0.05) is 64.6 Å². The van der Waals surface area contributed by atoms with Crippen molar-refractivity contribution in [2.75, 3.05) is 20.3 Å². The Labute approximate surface area is 142 Å². The summed E-state index contributed by atoms with van der Waals surface area (Å²) in [5.41, 5.74) is -0.854. The van der Waals surface area contributed by atoms with Gasteiger partial charge in [0, 0.05) is 12.1 Å². The standard InChI is InChI=1S/C12H13Cl4N3O2/c1-18(20)7-10(17-11(13)12(14,15)16)19(21,8-18)9-5-3-2-4-6-9/h2-6,11H,7-8H2,1H3. The lowest BCUT2D eigenvalue weighted by Gasteiger charge is -2.38. The molecule has 1 heterocycles. The normalized spacial score (nSPS) is 33.4. The van der Waals surface area contributed by atoms with Crippen molar-refractivity contribution in [1.29, 1.82) is 0 Å². The number of likely N-dealkylation sites (N-methyl/N-ethyl adjacent to an activating group) is 1. The average Bonchev–Trinajstić information content (AvgIpc) is 2.60. The molecule has 21 heavy (non-hydrogen) atoms. The van der Waals surface area contributed by atoms with Gasteiger partial charge >= 0.3 is 0 Å². The van der Waals surface area contributed by atoms with Crippen LogP contribution < -0.4 is 4.65 Å². The molecule has 116 valence electrons. The number of hydroxylamine groups is 5. The molecule has 1 aromatic rings. The van der Waals surface area contributed by atoms with Gasteiger partial charge in [-0.05, 0) is 0 Å². The van der Waals surface area contributed by atoms with E-state index in [9.17, 15) is 10.4 Å². The molecule has 0 N–H and O–H groups in total. The van der Waals surface area contributed by atoms with E-state index in [1.807, 2.05) is 0 Å². The first-order valence-electron chi connectivity index (χ1n) is 6.03. The second kappa shape index (κ2) is 5.83. The van der Waals surface area contributed by atoms with Crippen molar-refractivity contribution >= 4 is 57.9 Å². The number of hydrogen-bond donors (Lipinski definition) is 0. The Kier molecular flexibility index (Phi) is 4.79. The van der Waals surface area contributed by atoms with E-state index in [4.69, 9.17) is 46.4 Å². The molecule has 0 saturated carbocycles. The first-order chi connectivity index (χ1) is 9.55. The summed E-state index contributed by atoms with van der Waals surface area (Å²) in [5.74, 6) is 0.0463. The number of halogens is 4. The molecule has 9 heteroatoms. The lowest BCUT2D eigenvalue weighted by atomic mass is 10.3. The molecule has 3 unspecified atom stereocenters. The SMILES string of the molecule is C[N+]1([O-])CC(=NC(Cl)C(Cl)(Cl)Cl)[N+]([O-])(c2ccccc2)C1. The van der Waals surface area contributed by atoms with Gasteiger partial charge in [0.05, 0.1) is 7.05 Å². The van der Waals surface area contributed by atoms with Crippen LogP contribution in [0, 0.1) is 10.4 Å². The van der Waals surface area contributed by atoms with Crippen LogP contribution in [0.5, 0.6) is 0 Å². The highest BCUT2D eigenvalue weighted by Crippen LogP contribution is 2.37. The fourth-order valence-electron chi connectivity index (χ4n) is 2.20. The van der Waals surface area contributed by atoms with Crippen LogP contribution in [0.1, 0.15) is 0 Å². The maximum absolute atomic E-state index is 13.1. The van der Waals surface area contributed by atoms with Crippen LogP contribution in [0.4, 0.5) is 5.69 Å². The van der Waals surface area contributed by atoms with Crippen molar-refractivity contribution in [2.24, 2.45) is 4.99 Å². The first kappa shape index (κ1) is 17.2. The van der Waals surface area contributed by atoms with E-state index in [1.54, 1.807) is 30.3 Å². The number of amidine groups is 1. The van der Waals surface area contributed by atoms with Crippen LogP contribution in [-0.4, -0.2) is 40.0 Å². The van der Waals surface area contributed by atoms with Crippen LogP contribution in [-0.2, 0) is 0 Å². The van der Waals surface area contributed by atoms with Crippen molar-refractivity contribution in [1.82, 2.24) is 4.65 Å². The lowest BCUT2D eigenvalue weighted by molar-refractivity contribution is -0.848. The second-order valence-electron chi connectivity index (χ2n) is 5.09. The largest absolute Gasteiger partial charge is 0.628 e. The smallest absolute Gasteiger partial charge is 0.266 e. The van der Waals surface area contributed by atoms with Crippen molar-refractivity contribution in [3.63, 3.8) is 0 Å². The Morgan fingerprint density at radius 2 is 1.76 bits per heavy atom. The predicted molar refractivity (Wildman–Crippen MR) is 88.3 cm³/mol. The van der Waals surface area contributed by atoms with Gasteiger partial charge in [0.15, 0.2) is 12.0 Å². The van der Waals surface area contributed by atoms with E-state index in [1.165, 1.54) is 7.05 Å². The zero-order valence-corrected chi connectivity index (χ0v) is 14.1. The van der Waals surface area contributed by atoms with Crippen molar-refractivity contribution in [2.45, 2.75) is 9.29 Å². The fourth-order valence-corrected chi connectivity index (χ4v) is 2.46. The van der Waals surface area contributed by atoms with Gasteiger partial charge in [-0.2, -0.15) is 0 Å². The molecule has 0 aromatic heterocycles. The van der Waals surface area contributed by atoms with E-state index >= 15 is 0 Å². The van der Waals surface area contributed by atoms with Gasteiger partial charge < -0.3 is 15.1 Å². The van der Waals surface area contributed by atoms with Crippen LogP contribution >= 0.6 is 46.4 Å². The zero-order valence-electron chi connectivity index (χ0n) is 11.0. The molecular weight excluding hydrogens is 360 g/mol. The molecule has 1 aliphatic rings. The predicted octanol–water partition coefficient (Wildman–Crippen LogP) is 3.74. The molecule has 1 aliphatic heterocycles. The number of nitrogens with zero attached hydrogens (tertiary/aromatic N) is 3. The summed E-state index contributed by atoms with van der Waals surface area (Å²) < 4.78 is -3.61. The minimum absolute atomic E-state index is 0.0463. The summed E-state index contributed by atoms with van der Waals surface area (Å²) in [7, 11) is 1.40. The van der Waals surface area contributed by atoms with Gasteiger partial charge in [0.25, 0.3) is 5.84 Å². The molecule has 0 amide bonds. The highest BCUT2D eigenvalue weighted by Gasteiger charge is 2.46. The second-order valence-corrected chi connectivity index (χ2v) is 7.88. The maximum atomic E-state index is 13.1. The quantitative estimate of drug-likeness (QED) is 0.343. The molecule has 0 aliphatic carbocycles. The molecule has 1 aromatic carbocycles. The maximum Gasteiger partial charge on any atom is 0.266 e. The van der Waals surface area contributed by atoms with E-state index in [-0.39, 0.29) is 19.0 Å². The number of alkyl halides is 4. The molecular formula is C12H13Cl4N3O2. The highest BCUT2D eigenvalue weighted by molar-refractivity contribution is 6.70. The number of quaternary nitrogens is 2. The van der Waals surface area contributed by atoms with E-state index in [2.05, 4.69) is 4.99 Å². The molecule has 0 spiro atoms. The van der Waals surface area contributed by atoms with Gasteiger partial charge in [-0.3, -0.25) is 0 Å². The topological polar surface area (TPSA) is 58.5 Å². The van der Waals surface area contributed by atoms with Crippen molar-refractivity contribution in [3.05, 3.63) is 40.7 Å². The summed E-state index contributed by atoms with van der Waals surface area (Å²) in [6.45, 7) is -0.353. The zero-order chi connectivity index (χ0) is 15.9. The molecule has 2 rings (SSSR count). The van der Waals surface area contributed by atoms with Crippen LogP contribution in [0.3, 0.4) is 0 Å². The molecule has 5 nitrogen and oxygen atoms in total. The molecule has 0 bridgehead atoms. The fraction of sp³-hybridized carbons (Fsp3) is 0.417. The summed E-state index contributed by atoms with van der Waals surface area (Å²) >= 11 is 22.9. The van der Waals surface area contributed by atoms with Crippen LogP contribution in [0.2, 0.25) is 0 Å². The summed E-state index contributed by atoms with van der Waals surface area (Å²) in [4.78, 5) is 4.00. The van der Waals surface area contributed by atoms with Gasteiger partial charge in [-0.15, -0.1) is 0 Å². The third kappa shape index (κ3) is 3.81. The van der Waals surface area contributed by atoms with E-state index < -0.39 is 18.6 Å². The summed E-state index contributed by atoms with van der Waals surface area (Å²) in [5, 5.41) is 25.3. The highest BCUT2D eigenvalue weighted by atomic mass is 35.6. The Morgan fingerprint density at radius 1 is 1.19 bits per heavy atom. The Hall–Kier alpha value is -0.110. The molecule has 3 atom stereocenters. The van der Waals surface area contributed by atoms with Gasteiger partial charge in [0.2, 0.25) is 10.5 Å².